The largest absolute Gasteiger partial charge is 0.313 e. The van der Waals surface area contributed by atoms with Gasteiger partial charge in [-0.15, -0.1) is 0 Å². The zero-order valence-corrected chi connectivity index (χ0v) is 11.2. The van der Waals surface area contributed by atoms with Crippen LogP contribution < -0.4 is 5.32 Å². The van der Waals surface area contributed by atoms with Crippen LogP contribution >= 0.6 is 0 Å². The lowest BCUT2D eigenvalue weighted by atomic mass is 9.70. The Labute approximate surface area is 101 Å². The lowest BCUT2D eigenvalue weighted by Crippen LogP contribution is -2.48. The average Bonchev–Trinajstić information content (AvgIpc) is 2.98. The molecule has 2 fully saturated rings. The first-order valence-electron chi connectivity index (χ1n) is 7.56. The van der Waals surface area contributed by atoms with Crippen LogP contribution in [0.3, 0.4) is 0 Å². The molecule has 0 aromatic heterocycles. The van der Waals surface area contributed by atoms with Crippen molar-refractivity contribution in [3.8, 4) is 0 Å². The van der Waals surface area contributed by atoms with Crippen LogP contribution in [-0.4, -0.2) is 12.6 Å². The minimum atomic E-state index is 0.658. The van der Waals surface area contributed by atoms with Gasteiger partial charge in [-0.05, 0) is 50.0 Å². The van der Waals surface area contributed by atoms with E-state index in [0.29, 0.717) is 5.41 Å². The van der Waals surface area contributed by atoms with Crippen molar-refractivity contribution in [1.29, 1.82) is 0 Å². The van der Waals surface area contributed by atoms with E-state index in [1.807, 2.05) is 0 Å². The molecule has 0 aromatic rings. The van der Waals surface area contributed by atoms with Crippen molar-refractivity contribution in [1.82, 2.24) is 5.32 Å². The Kier molecular flexibility index (Phi) is 4.29. The summed E-state index contributed by atoms with van der Waals surface area (Å²) in [5.41, 5.74) is 0.658. The molecular formula is C15H29N. The number of hydrogen-bond donors (Lipinski definition) is 1. The molecule has 1 N–H and O–H groups in total. The van der Waals surface area contributed by atoms with E-state index >= 15 is 0 Å². The van der Waals surface area contributed by atoms with Gasteiger partial charge in [-0.25, -0.2) is 0 Å². The SMILES string of the molecule is CCNC(C1CCCC1)C1(CC)CCCC1. The molecule has 0 spiro atoms. The van der Waals surface area contributed by atoms with E-state index in [4.69, 9.17) is 0 Å². The zero-order chi connectivity index (χ0) is 11.4. The van der Waals surface area contributed by atoms with E-state index in [-0.39, 0.29) is 0 Å². The zero-order valence-electron chi connectivity index (χ0n) is 11.2. The van der Waals surface area contributed by atoms with Crippen LogP contribution in [0, 0.1) is 11.3 Å². The Balaban J connectivity index is 2.09. The van der Waals surface area contributed by atoms with Gasteiger partial charge >= 0.3 is 0 Å². The van der Waals surface area contributed by atoms with Gasteiger partial charge < -0.3 is 5.32 Å². The Morgan fingerprint density at radius 2 is 1.69 bits per heavy atom. The molecular weight excluding hydrogens is 194 g/mol. The minimum absolute atomic E-state index is 0.658. The first kappa shape index (κ1) is 12.4. The lowest BCUT2D eigenvalue weighted by molar-refractivity contribution is 0.135. The molecule has 2 aliphatic carbocycles. The number of hydrogen-bond acceptors (Lipinski definition) is 1. The van der Waals surface area contributed by atoms with E-state index in [2.05, 4.69) is 19.2 Å². The first-order valence-corrected chi connectivity index (χ1v) is 7.56. The molecule has 1 nitrogen and oxygen atoms in total. The number of nitrogens with one attached hydrogen (secondary N) is 1. The van der Waals surface area contributed by atoms with Crippen LogP contribution in [0.5, 0.6) is 0 Å². The Morgan fingerprint density at radius 1 is 1.06 bits per heavy atom. The maximum absolute atomic E-state index is 3.86. The van der Waals surface area contributed by atoms with Gasteiger partial charge in [0, 0.05) is 6.04 Å². The van der Waals surface area contributed by atoms with Gasteiger partial charge in [0.15, 0.2) is 0 Å². The van der Waals surface area contributed by atoms with Gasteiger partial charge in [0.25, 0.3) is 0 Å². The predicted molar refractivity (Wildman–Crippen MR) is 70.6 cm³/mol. The summed E-state index contributed by atoms with van der Waals surface area (Å²) in [5, 5.41) is 3.86. The molecule has 1 unspecified atom stereocenters. The second-order valence-electron chi connectivity index (χ2n) is 6.00. The highest BCUT2D eigenvalue weighted by Gasteiger charge is 2.43. The highest BCUT2D eigenvalue weighted by atomic mass is 14.9. The van der Waals surface area contributed by atoms with Gasteiger partial charge in [0.05, 0.1) is 0 Å². The summed E-state index contributed by atoms with van der Waals surface area (Å²) < 4.78 is 0. The normalized spacial score (nSPS) is 27.4. The standard InChI is InChI=1S/C15H29N/c1-3-15(11-7-8-12-15)14(16-4-2)13-9-5-6-10-13/h13-14,16H,3-12H2,1-2H3. The molecule has 2 aliphatic rings. The van der Waals surface area contributed by atoms with Gasteiger partial charge in [0.2, 0.25) is 0 Å². The summed E-state index contributed by atoms with van der Waals surface area (Å²) in [6.45, 7) is 5.85. The molecule has 16 heavy (non-hydrogen) atoms. The quantitative estimate of drug-likeness (QED) is 0.739. The average molecular weight is 223 g/mol. The fourth-order valence-electron chi connectivity index (χ4n) is 4.36. The van der Waals surface area contributed by atoms with Crippen molar-refractivity contribution in [3.63, 3.8) is 0 Å². The number of rotatable bonds is 5. The third-order valence-corrected chi connectivity index (χ3v) is 5.26. The lowest BCUT2D eigenvalue weighted by Gasteiger charge is -2.41. The molecule has 0 aliphatic heterocycles. The molecule has 0 saturated heterocycles. The van der Waals surface area contributed by atoms with Crippen LogP contribution in [0.15, 0.2) is 0 Å². The van der Waals surface area contributed by atoms with E-state index in [0.717, 1.165) is 18.5 Å². The topological polar surface area (TPSA) is 12.0 Å². The maximum atomic E-state index is 3.86. The molecule has 94 valence electrons. The van der Waals surface area contributed by atoms with E-state index < -0.39 is 0 Å². The molecule has 0 aromatic carbocycles. The third-order valence-electron chi connectivity index (χ3n) is 5.26. The second-order valence-corrected chi connectivity index (χ2v) is 6.00. The van der Waals surface area contributed by atoms with E-state index in [1.54, 1.807) is 0 Å². The monoisotopic (exact) mass is 223 g/mol. The fraction of sp³-hybridized carbons (Fsp3) is 1.00. The summed E-state index contributed by atoms with van der Waals surface area (Å²) >= 11 is 0. The van der Waals surface area contributed by atoms with Gasteiger partial charge in [-0.3, -0.25) is 0 Å². The van der Waals surface area contributed by atoms with Crippen LogP contribution in [0.4, 0.5) is 0 Å². The molecule has 0 bridgehead atoms. The molecule has 0 radical (unpaired) electrons. The fourth-order valence-corrected chi connectivity index (χ4v) is 4.36. The van der Waals surface area contributed by atoms with Crippen LogP contribution in [0.2, 0.25) is 0 Å². The van der Waals surface area contributed by atoms with E-state index in [1.165, 1.54) is 57.8 Å². The van der Waals surface area contributed by atoms with Crippen molar-refractivity contribution in [2.45, 2.75) is 77.7 Å². The van der Waals surface area contributed by atoms with Crippen LogP contribution in [-0.2, 0) is 0 Å². The Hall–Kier alpha value is -0.0400. The summed E-state index contributed by atoms with van der Waals surface area (Å²) in [6, 6.07) is 0.826. The Bertz CT molecular complexity index is 199. The third kappa shape index (κ3) is 2.30. The second kappa shape index (κ2) is 5.53. The molecule has 0 heterocycles. The predicted octanol–water partition coefficient (Wildman–Crippen LogP) is 4.13. The molecule has 1 heteroatoms. The molecule has 0 amide bonds. The maximum Gasteiger partial charge on any atom is 0.0151 e. The van der Waals surface area contributed by atoms with E-state index in [9.17, 15) is 0 Å². The summed E-state index contributed by atoms with van der Waals surface area (Å²) in [5.74, 6) is 0.984. The van der Waals surface area contributed by atoms with Crippen molar-refractivity contribution in [3.05, 3.63) is 0 Å². The highest BCUT2D eigenvalue weighted by molar-refractivity contribution is 4.98. The van der Waals surface area contributed by atoms with Gasteiger partial charge in [-0.1, -0.05) is 39.5 Å². The van der Waals surface area contributed by atoms with Crippen molar-refractivity contribution < 1.29 is 0 Å². The van der Waals surface area contributed by atoms with Gasteiger partial charge in [0.1, 0.15) is 0 Å². The van der Waals surface area contributed by atoms with Crippen LogP contribution in [0.1, 0.15) is 71.6 Å². The Morgan fingerprint density at radius 3 is 2.19 bits per heavy atom. The van der Waals surface area contributed by atoms with Gasteiger partial charge in [-0.2, -0.15) is 0 Å². The first-order chi connectivity index (χ1) is 7.82. The van der Waals surface area contributed by atoms with Crippen LogP contribution in [0.25, 0.3) is 0 Å². The molecule has 1 atom stereocenters. The summed E-state index contributed by atoms with van der Waals surface area (Å²) in [6.07, 6.45) is 13.2. The summed E-state index contributed by atoms with van der Waals surface area (Å²) in [7, 11) is 0. The van der Waals surface area contributed by atoms with Crippen molar-refractivity contribution >= 4 is 0 Å². The molecule has 2 rings (SSSR count). The molecule has 2 saturated carbocycles. The van der Waals surface area contributed by atoms with Crippen molar-refractivity contribution in [2.75, 3.05) is 6.54 Å². The van der Waals surface area contributed by atoms with Crippen molar-refractivity contribution in [2.24, 2.45) is 11.3 Å². The minimum Gasteiger partial charge on any atom is -0.313 e. The highest BCUT2D eigenvalue weighted by Crippen LogP contribution is 2.48. The summed E-state index contributed by atoms with van der Waals surface area (Å²) in [4.78, 5) is 0. The smallest absolute Gasteiger partial charge is 0.0151 e.